The minimum atomic E-state index is -3.51. The highest BCUT2D eigenvalue weighted by Crippen LogP contribution is 2.27. The molecule has 2 aromatic carbocycles. The van der Waals surface area contributed by atoms with Gasteiger partial charge in [0.2, 0.25) is 15.9 Å². The summed E-state index contributed by atoms with van der Waals surface area (Å²) in [6.45, 7) is 2.89. The maximum Gasteiger partial charge on any atom is 0.298 e. The number of hydrogen-bond donors (Lipinski definition) is 0. The van der Waals surface area contributed by atoms with E-state index >= 15 is 0 Å². The number of benzene rings is 2. The van der Waals surface area contributed by atoms with Crippen molar-refractivity contribution in [1.82, 2.24) is 14.2 Å². The van der Waals surface area contributed by atoms with Crippen LogP contribution in [0.2, 0.25) is 0 Å². The van der Waals surface area contributed by atoms with Crippen molar-refractivity contribution in [2.45, 2.75) is 12.8 Å². The van der Waals surface area contributed by atoms with Crippen molar-refractivity contribution in [2.24, 2.45) is 5.92 Å². The molecule has 9 heteroatoms. The average molecular weight is 481 g/mol. The third-order valence-corrected chi connectivity index (χ3v) is 8.10. The number of aromatic nitrogens is 1. The summed E-state index contributed by atoms with van der Waals surface area (Å²) in [4.78, 5) is 21.6. The van der Waals surface area contributed by atoms with Gasteiger partial charge in [-0.2, -0.15) is 9.29 Å². The summed E-state index contributed by atoms with van der Waals surface area (Å²) in [5, 5.41) is 1.25. The number of piperidine rings is 1. The van der Waals surface area contributed by atoms with Crippen LogP contribution in [0, 0.1) is 5.92 Å². The molecule has 1 amide bonds. The zero-order valence-electron chi connectivity index (χ0n) is 18.9. The number of rotatable bonds is 5. The van der Waals surface area contributed by atoms with E-state index in [4.69, 9.17) is 4.42 Å². The Morgan fingerprint density at radius 1 is 0.912 bits per heavy atom. The third-order valence-electron chi connectivity index (χ3n) is 6.54. The number of fused-ring (bicyclic) bond motifs is 1. The number of hydrogen-bond acceptors (Lipinski definition) is 6. The summed E-state index contributed by atoms with van der Waals surface area (Å²) in [5.74, 6) is 0.0656. The summed E-state index contributed by atoms with van der Waals surface area (Å²) < 4.78 is 32.7. The molecule has 2 fully saturated rings. The standard InChI is InChI=1S/C25H28N4O4S/c30-24(21-10-13-28(14-11-21)25-26-22-8-4-5-9-23(22)33-25)27-15-17-29(18-16-27)34(31,32)19-12-20-6-2-1-3-7-20/h1-9,12,19,21H,10-11,13-18H2/b19-12+. The zero-order valence-corrected chi connectivity index (χ0v) is 19.7. The lowest BCUT2D eigenvalue weighted by molar-refractivity contribution is -0.137. The molecule has 2 aliphatic rings. The number of anilines is 1. The number of sulfonamides is 1. The van der Waals surface area contributed by atoms with Gasteiger partial charge in [-0.15, -0.1) is 0 Å². The second kappa shape index (κ2) is 9.60. The van der Waals surface area contributed by atoms with Gasteiger partial charge >= 0.3 is 0 Å². The Morgan fingerprint density at radius 3 is 2.29 bits per heavy atom. The predicted molar refractivity (Wildman–Crippen MR) is 131 cm³/mol. The number of amides is 1. The van der Waals surface area contributed by atoms with Crippen LogP contribution in [0.25, 0.3) is 17.2 Å². The van der Waals surface area contributed by atoms with Gasteiger partial charge < -0.3 is 14.2 Å². The van der Waals surface area contributed by atoms with E-state index in [9.17, 15) is 13.2 Å². The van der Waals surface area contributed by atoms with E-state index in [0.717, 1.165) is 29.5 Å². The normalized spacial score (nSPS) is 18.7. The highest BCUT2D eigenvalue weighted by molar-refractivity contribution is 7.92. The summed E-state index contributed by atoms with van der Waals surface area (Å²) in [5.41, 5.74) is 2.44. The van der Waals surface area contributed by atoms with E-state index in [0.29, 0.717) is 45.3 Å². The molecule has 8 nitrogen and oxygen atoms in total. The van der Waals surface area contributed by atoms with Crippen LogP contribution in [0.4, 0.5) is 6.01 Å². The number of piperazine rings is 1. The van der Waals surface area contributed by atoms with Gasteiger partial charge in [0.15, 0.2) is 5.58 Å². The Hall–Kier alpha value is -3.17. The minimum Gasteiger partial charge on any atom is -0.423 e. The summed E-state index contributed by atoms with van der Waals surface area (Å²) in [7, 11) is -3.51. The van der Waals surface area contributed by atoms with Crippen LogP contribution < -0.4 is 4.90 Å². The van der Waals surface area contributed by atoms with Gasteiger partial charge in [-0.3, -0.25) is 4.79 Å². The number of nitrogens with zero attached hydrogens (tertiary/aromatic N) is 4. The first kappa shape index (κ1) is 22.6. The molecule has 3 aromatic rings. The van der Waals surface area contributed by atoms with Crippen molar-refractivity contribution < 1.29 is 17.6 Å². The fourth-order valence-corrected chi connectivity index (χ4v) is 5.72. The Morgan fingerprint density at radius 2 is 1.59 bits per heavy atom. The van der Waals surface area contributed by atoms with Gasteiger partial charge in [-0.05, 0) is 36.6 Å². The molecule has 1 aromatic heterocycles. The van der Waals surface area contributed by atoms with Gasteiger partial charge in [0, 0.05) is 50.6 Å². The molecule has 0 atom stereocenters. The molecule has 0 saturated carbocycles. The lowest BCUT2D eigenvalue weighted by Gasteiger charge is -2.37. The topological polar surface area (TPSA) is 87.0 Å². The van der Waals surface area contributed by atoms with E-state index in [1.54, 1.807) is 6.08 Å². The lowest BCUT2D eigenvalue weighted by Crippen LogP contribution is -2.52. The monoisotopic (exact) mass is 480 g/mol. The van der Waals surface area contributed by atoms with Crippen molar-refractivity contribution in [3.8, 4) is 0 Å². The first-order valence-corrected chi connectivity index (χ1v) is 13.1. The molecule has 0 N–H and O–H groups in total. The second-order valence-electron chi connectivity index (χ2n) is 8.71. The van der Waals surface area contributed by atoms with Crippen molar-refractivity contribution in [3.63, 3.8) is 0 Å². The average Bonchev–Trinajstić information content (AvgIpc) is 3.32. The maximum absolute atomic E-state index is 13.1. The fourth-order valence-electron chi connectivity index (χ4n) is 4.55. The van der Waals surface area contributed by atoms with Crippen LogP contribution in [-0.4, -0.2) is 67.8 Å². The van der Waals surface area contributed by atoms with Crippen LogP contribution >= 0.6 is 0 Å². The number of carbonyl (C=O) groups is 1. The van der Waals surface area contributed by atoms with Crippen molar-refractivity contribution in [3.05, 3.63) is 65.6 Å². The molecule has 0 aliphatic carbocycles. The maximum atomic E-state index is 13.1. The van der Waals surface area contributed by atoms with Crippen molar-refractivity contribution in [1.29, 1.82) is 0 Å². The van der Waals surface area contributed by atoms with Crippen LogP contribution in [-0.2, 0) is 14.8 Å². The lowest BCUT2D eigenvalue weighted by atomic mass is 9.95. The van der Waals surface area contributed by atoms with E-state index in [1.165, 1.54) is 9.71 Å². The van der Waals surface area contributed by atoms with E-state index in [1.807, 2.05) is 59.5 Å². The van der Waals surface area contributed by atoms with E-state index in [2.05, 4.69) is 9.88 Å². The molecule has 0 radical (unpaired) electrons. The Kier molecular flexibility index (Phi) is 6.38. The predicted octanol–water partition coefficient (Wildman–Crippen LogP) is 3.19. The molecule has 3 heterocycles. The number of oxazole rings is 1. The van der Waals surface area contributed by atoms with Gasteiger partial charge in [-0.1, -0.05) is 42.5 Å². The summed E-state index contributed by atoms with van der Waals surface area (Å²) in [6, 6.07) is 17.6. The zero-order chi connectivity index (χ0) is 23.5. The summed E-state index contributed by atoms with van der Waals surface area (Å²) in [6.07, 6.45) is 3.07. The van der Waals surface area contributed by atoms with Crippen LogP contribution in [0.1, 0.15) is 18.4 Å². The Bertz CT molecular complexity index is 1240. The Balaban J connectivity index is 1.13. The van der Waals surface area contributed by atoms with Gasteiger partial charge in [0.25, 0.3) is 6.01 Å². The second-order valence-corrected chi connectivity index (χ2v) is 10.5. The summed E-state index contributed by atoms with van der Waals surface area (Å²) >= 11 is 0. The highest BCUT2D eigenvalue weighted by Gasteiger charge is 2.33. The molecule has 0 spiro atoms. The first-order valence-electron chi connectivity index (χ1n) is 11.6. The van der Waals surface area contributed by atoms with E-state index < -0.39 is 10.0 Å². The molecule has 2 aliphatic heterocycles. The molecular formula is C25H28N4O4S. The minimum absolute atomic E-state index is 0.0539. The molecule has 5 rings (SSSR count). The van der Waals surface area contributed by atoms with Crippen LogP contribution in [0.3, 0.4) is 0 Å². The largest absolute Gasteiger partial charge is 0.423 e. The molecule has 0 unspecified atom stereocenters. The third kappa shape index (κ3) is 4.85. The fraction of sp³-hybridized carbons (Fsp3) is 0.360. The molecule has 0 bridgehead atoms. The first-order chi connectivity index (χ1) is 16.5. The smallest absolute Gasteiger partial charge is 0.298 e. The Labute approximate surface area is 199 Å². The SMILES string of the molecule is O=C(C1CCN(c2nc3ccccc3o2)CC1)N1CCN(S(=O)(=O)/C=C/c2ccccc2)CC1. The molecule has 2 saturated heterocycles. The molecule has 34 heavy (non-hydrogen) atoms. The quantitative estimate of drug-likeness (QED) is 0.558. The number of para-hydroxylation sites is 2. The molecule has 178 valence electrons. The van der Waals surface area contributed by atoms with Gasteiger partial charge in [0.05, 0.1) is 0 Å². The van der Waals surface area contributed by atoms with Crippen LogP contribution in [0.5, 0.6) is 0 Å². The van der Waals surface area contributed by atoms with Crippen molar-refractivity contribution >= 4 is 39.1 Å². The number of carbonyl (C=O) groups excluding carboxylic acids is 1. The highest BCUT2D eigenvalue weighted by atomic mass is 32.2. The van der Waals surface area contributed by atoms with Crippen molar-refractivity contribution in [2.75, 3.05) is 44.2 Å². The van der Waals surface area contributed by atoms with Crippen LogP contribution in [0.15, 0.2) is 64.4 Å². The van der Waals surface area contributed by atoms with Gasteiger partial charge in [0.1, 0.15) is 5.52 Å². The van der Waals surface area contributed by atoms with E-state index in [-0.39, 0.29) is 11.8 Å². The molecular weight excluding hydrogens is 452 g/mol. The van der Waals surface area contributed by atoms with Gasteiger partial charge in [-0.25, -0.2) is 8.42 Å².